The molecule has 0 bridgehead atoms. The Morgan fingerprint density at radius 2 is 1.86 bits per heavy atom. The van der Waals surface area contributed by atoms with Gasteiger partial charge >= 0.3 is 0 Å². The normalized spacial score (nSPS) is 19.3. The predicted molar refractivity (Wildman–Crippen MR) is 104 cm³/mol. The highest BCUT2D eigenvalue weighted by molar-refractivity contribution is 5.94. The van der Waals surface area contributed by atoms with Gasteiger partial charge in [-0.15, -0.1) is 5.10 Å². The van der Waals surface area contributed by atoms with Crippen LogP contribution in [0.4, 0.5) is 0 Å². The molecule has 2 N–H and O–H groups in total. The van der Waals surface area contributed by atoms with E-state index in [0.717, 1.165) is 25.7 Å². The van der Waals surface area contributed by atoms with Gasteiger partial charge in [-0.25, -0.2) is 4.68 Å². The van der Waals surface area contributed by atoms with Gasteiger partial charge in [-0.1, -0.05) is 18.1 Å². The van der Waals surface area contributed by atoms with E-state index in [2.05, 4.69) is 20.6 Å². The van der Waals surface area contributed by atoms with E-state index in [9.17, 15) is 14.7 Å². The maximum atomic E-state index is 12.5. The van der Waals surface area contributed by atoms with Crippen molar-refractivity contribution in [3.8, 4) is 0 Å². The fourth-order valence-electron chi connectivity index (χ4n) is 4.07. The molecule has 2 aromatic heterocycles. The molecule has 1 saturated carbocycles. The number of nitrogens with zero attached hydrogens (tertiary/aromatic N) is 5. The Labute approximate surface area is 169 Å². The van der Waals surface area contributed by atoms with Crippen LogP contribution in [0.25, 0.3) is 0 Å². The van der Waals surface area contributed by atoms with Crippen LogP contribution in [-0.2, 0) is 6.54 Å². The van der Waals surface area contributed by atoms with Crippen LogP contribution < -0.4 is 5.32 Å². The van der Waals surface area contributed by atoms with Crippen molar-refractivity contribution in [3.05, 3.63) is 42.0 Å². The standard InChI is InChI=1S/C20H26N6O3/c27-18(22-16-3-1-2-4-16)17-13-26(24-23-17)14-20(29)7-11-25(12-8-20)19(28)15-5-9-21-10-6-15/h5-6,9-10,13,16,29H,1-4,7-8,11-12,14H2,(H,22,27). The van der Waals surface area contributed by atoms with E-state index in [-0.39, 0.29) is 30.1 Å². The summed E-state index contributed by atoms with van der Waals surface area (Å²) in [6, 6.07) is 3.60. The molecule has 0 aromatic carbocycles. The van der Waals surface area contributed by atoms with Gasteiger partial charge < -0.3 is 15.3 Å². The average molecular weight is 398 g/mol. The summed E-state index contributed by atoms with van der Waals surface area (Å²) in [7, 11) is 0. The highest BCUT2D eigenvalue weighted by Crippen LogP contribution is 2.25. The number of carbonyl (C=O) groups excluding carboxylic acids is 2. The number of aromatic nitrogens is 4. The third-order valence-electron chi connectivity index (χ3n) is 5.83. The average Bonchev–Trinajstić information content (AvgIpc) is 3.41. The smallest absolute Gasteiger partial charge is 0.273 e. The summed E-state index contributed by atoms with van der Waals surface area (Å²) in [5.41, 5.74) is -0.118. The van der Waals surface area contributed by atoms with Crippen molar-refractivity contribution in [3.63, 3.8) is 0 Å². The van der Waals surface area contributed by atoms with E-state index in [1.54, 1.807) is 35.6 Å². The number of pyridine rings is 1. The first-order chi connectivity index (χ1) is 14.0. The molecule has 2 fully saturated rings. The Hall–Kier alpha value is -2.81. The summed E-state index contributed by atoms with van der Waals surface area (Å²) in [5.74, 6) is -0.269. The molecule has 29 heavy (non-hydrogen) atoms. The van der Waals surface area contributed by atoms with Crippen molar-refractivity contribution in [1.29, 1.82) is 0 Å². The van der Waals surface area contributed by atoms with Crippen LogP contribution in [0.15, 0.2) is 30.7 Å². The number of hydrogen-bond donors (Lipinski definition) is 2. The van der Waals surface area contributed by atoms with Crippen molar-refractivity contribution in [1.82, 2.24) is 30.2 Å². The maximum Gasteiger partial charge on any atom is 0.273 e. The zero-order chi connectivity index (χ0) is 20.3. The molecule has 0 unspecified atom stereocenters. The Morgan fingerprint density at radius 1 is 1.17 bits per heavy atom. The van der Waals surface area contributed by atoms with Gasteiger partial charge in [0.05, 0.1) is 18.3 Å². The number of carbonyl (C=O) groups is 2. The second-order valence-corrected chi connectivity index (χ2v) is 8.01. The lowest BCUT2D eigenvalue weighted by molar-refractivity contribution is -0.0318. The first kappa shape index (κ1) is 19.5. The van der Waals surface area contributed by atoms with Crippen LogP contribution in [0.2, 0.25) is 0 Å². The van der Waals surface area contributed by atoms with Gasteiger partial charge in [-0.05, 0) is 37.8 Å². The summed E-state index contributed by atoms with van der Waals surface area (Å²) in [4.78, 5) is 30.5. The molecule has 1 saturated heterocycles. The third-order valence-corrected chi connectivity index (χ3v) is 5.83. The van der Waals surface area contributed by atoms with E-state index in [0.29, 0.717) is 31.5 Å². The number of hydrogen-bond acceptors (Lipinski definition) is 6. The number of rotatable bonds is 5. The fraction of sp³-hybridized carbons (Fsp3) is 0.550. The SMILES string of the molecule is O=C(NC1CCCC1)c1cn(CC2(O)CCN(C(=O)c3ccncc3)CC2)nn1. The van der Waals surface area contributed by atoms with E-state index >= 15 is 0 Å². The molecule has 0 radical (unpaired) electrons. The zero-order valence-corrected chi connectivity index (χ0v) is 16.3. The highest BCUT2D eigenvalue weighted by Gasteiger charge is 2.35. The monoisotopic (exact) mass is 398 g/mol. The van der Waals surface area contributed by atoms with Crippen LogP contribution in [0.5, 0.6) is 0 Å². The van der Waals surface area contributed by atoms with E-state index in [1.165, 1.54) is 4.68 Å². The minimum Gasteiger partial charge on any atom is -0.388 e. The summed E-state index contributed by atoms with van der Waals surface area (Å²) >= 11 is 0. The second kappa shape index (κ2) is 8.28. The second-order valence-electron chi connectivity index (χ2n) is 8.01. The molecule has 0 spiro atoms. The zero-order valence-electron chi connectivity index (χ0n) is 16.3. The number of likely N-dealkylation sites (tertiary alicyclic amines) is 1. The quantitative estimate of drug-likeness (QED) is 0.777. The minimum atomic E-state index is -0.984. The summed E-state index contributed by atoms with van der Waals surface area (Å²) < 4.78 is 1.52. The first-order valence-corrected chi connectivity index (χ1v) is 10.2. The molecule has 2 aromatic rings. The van der Waals surface area contributed by atoms with Gasteiger partial charge in [0.1, 0.15) is 0 Å². The van der Waals surface area contributed by atoms with Crippen molar-refractivity contribution in [2.75, 3.05) is 13.1 Å². The van der Waals surface area contributed by atoms with Gasteiger partial charge in [0.25, 0.3) is 11.8 Å². The highest BCUT2D eigenvalue weighted by atomic mass is 16.3. The van der Waals surface area contributed by atoms with Gasteiger partial charge in [0, 0.05) is 37.1 Å². The summed E-state index contributed by atoms with van der Waals surface area (Å²) in [6.45, 7) is 1.16. The Balaban J connectivity index is 1.31. The lowest BCUT2D eigenvalue weighted by Gasteiger charge is -2.38. The van der Waals surface area contributed by atoms with Crippen molar-refractivity contribution < 1.29 is 14.7 Å². The van der Waals surface area contributed by atoms with E-state index < -0.39 is 5.60 Å². The molecular formula is C20H26N6O3. The number of aliphatic hydroxyl groups is 1. The van der Waals surface area contributed by atoms with Crippen molar-refractivity contribution >= 4 is 11.8 Å². The van der Waals surface area contributed by atoms with Gasteiger partial charge in [0.15, 0.2) is 5.69 Å². The number of piperidine rings is 1. The van der Waals surface area contributed by atoms with E-state index in [1.807, 2.05) is 0 Å². The van der Waals surface area contributed by atoms with Crippen LogP contribution >= 0.6 is 0 Å². The minimum absolute atomic E-state index is 0.0546. The molecular weight excluding hydrogens is 372 g/mol. The number of nitrogens with one attached hydrogen (secondary N) is 1. The third kappa shape index (κ3) is 4.61. The Kier molecular flexibility index (Phi) is 5.57. The van der Waals surface area contributed by atoms with Gasteiger partial charge in [0.2, 0.25) is 0 Å². The molecule has 1 aliphatic heterocycles. The van der Waals surface area contributed by atoms with Gasteiger partial charge in [-0.2, -0.15) is 0 Å². The molecule has 9 nitrogen and oxygen atoms in total. The van der Waals surface area contributed by atoms with Crippen LogP contribution in [0, 0.1) is 0 Å². The molecule has 2 aliphatic rings. The molecule has 154 valence electrons. The molecule has 9 heteroatoms. The maximum absolute atomic E-state index is 12.5. The van der Waals surface area contributed by atoms with Crippen LogP contribution in [0.3, 0.4) is 0 Å². The topological polar surface area (TPSA) is 113 Å². The summed E-state index contributed by atoms with van der Waals surface area (Å²) in [5, 5.41) is 21.9. The van der Waals surface area contributed by atoms with Crippen molar-refractivity contribution in [2.45, 2.75) is 56.7 Å². The predicted octanol–water partition coefficient (Wildman–Crippen LogP) is 1.01. The lowest BCUT2D eigenvalue weighted by atomic mass is 9.91. The first-order valence-electron chi connectivity index (χ1n) is 10.2. The summed E-state index contributed by atoms with van der Waals surface area (Å²) in [6.07, 6.45) is 9.95. The molecule has 1 aliphatic carbocycles. The largest absolute Gasteiger partial charge is 0.388 e. The Bertz CT molecular complexity index is 854. The Morgan fingerprint density at radius 3 is 2.55 bits per heavy atom. The molecule has 4 rings (SSSR count). The number of amides is 2. The van der Waals surface area contributed by atoms with Gasteiger partial charge in [-0.3, -0.25) is 14.6 Å². The molecule has 0 atom stereocenters. The van der Waals surface area contributed by atoms with Crippen molar-refractivity contribution in [2.24, 2.45) is 0 Å². The molecule has 3 heterocycles. The van der Waals surface area contributed by atoms with Crippen LogP contribution in [-0.4, -0.2) is 66.5 Å². The lowest BCUT2D eigenvalue weighted by Crippen LogP contribution is -2.48. The van der Waals surface area contributed by atoms with Crippen LogP contribution in [0.1, 0.15) is 59.4 Å². The van der Waals surface area contributed by atoms with E-state index in [4.69, 9.17) is 0 Å². The fourth-order valence-corrected chi connectivity index (χ4v) is 4.07. The molecule has 2 amide bonds.